The molecule has 1 amide bonds. The van der Waals surface area contributed by atoms with Crippen LogP contribution in [0.5, 0.6) is 0 Å². The average Bonchev–Trinajstić information content (AvgIpc) is 3.16. The van der Waals surface area contributed by atoms with Gasteiger partial charge in [-0.25, -0.2) is 9.18 Å². The van der Waals surface area contributed by atoms with Crippen molar-refractivity contribution < 1.29 is 18.7 Å². The molecule has 1 aromatic carbocycles. The number of benzene rings is 1. The Morgan fingerprint density at radius 3 is 2.92 bits per heavy atom. The lowest BCUT2D eigenvalue weighted by molar-refractivity contribution is -0.119. The Balaban J connectivity index is 1.68. The number of hydrogen-bond donors (Lipinski definition) is 1. The molecule has 0 fully saturated rings. The standard InChI is InChI=1S/C16H8ClFN2O3S2/c17-13-10-2-1-9(18)5-11(10)25-14(13)16(22)23-7-12(21)20-15-8(6-19)3-4-24-15/h1-5H,7H2,(H,20,21). The van der Waals surface area contributed by atoms with Gasteiger partial charge < -0.3 is 10.1 Å². The van der Waals surface area contributed by atoms with Crippen molar-refractivity contribution in [2.24, 2.45) is 0 Å². The SMILES string of the molecule is N#Cc1ccsc1NC(=O)COC(=O)c1sc2cc(F)ccc2c1Cl. The predicted octanol–water partition coefficient (Wildman–Crippen LogP) is 4.42. The number of halogens is 2. The molecule has 0 saturated heterocycles. The van der Waals surface area contributed by atoms with Crippen LogP contribution in [0.2, 0.25) is 5.02 Å². The highest BCUT2D eigenvalue weighted by Crippen LogP contribution is 2.36. The maximum Gasteiger partial charge on any atom is 0.350 e. The minimum absolute atomic E-state index is 0.101. The van der Waals surface area contributed by atoms with Crippen LogP contribution >= 0.6 is 34.3 Å². The molecule has 0 bridgehead atoms. The molecule has 5 nitrogen and oxygen atoms in total. The summed E-state index contributed by atoms with van der Waals surface area (Å²) in [6, 6.07) is 7.51. The van der Waals surface area contributed by atoms with E-state index in [4.69, 9.17) is 21.6 Å². The number of carbonyl (C=O) groups excluding carboxylic acids is 2. The summed E-state index contributed by atoms with van der Waals surface area (Å²) >= 11 is 8.31. The van der Waals surface area contributed by atoms with Crippen molar-refractivity contribution in [3.8, 4) is 6.07 Å². The first-order valence-corrected chi connectivity index (χ1v) is 8.89. The smallest absolute Gasteiger partial charge is 0.350 e. The van der Waals surface area contributed by atoms with Crippen molar-refractivity contribution >= 4 is 61.2 Å². The average molecular weight is 395 g/mol. The van der Waals surface area contributed by atoms with Gasteiger partial charge in [0.1, 0.15) is 21.8 Å². The van der Waals surface area contributed by atoms with E-state index < -0.39 is 24.3 Å². The quantitative estimate of drug-likeness (QED) is 0.664. The highest BCUT2D eigenvalue weighted by Gasteiger charge is 2.20. The summed E-state index contributed by atoms with van der Waals surface area (Å²) in [6.07, 6.45) is 0. The van der Waals surface area contributed by atoms with Crippen LogP contribution in [-0.4, -0.2) is 18.5 Å². The monoisotopic (exact) mass is 394 g/mol. The van der Waals surface area contributed by atoms with E-state index in [-0.39, 0.29) is 9.90 Å². The lowest BCUT2D eigenvalue weighted by Gasteiger charge is -2.04. The summed E-state index contributed by atoms with van der Waals surface area (Å²) < 4.78 is 18.7. The van der Waals surface area contributed by atoms with Gasteiger partial charge in [-0.2, -0.15) is 5.26 Å². The van der Waals surface area contributed by atoms with E-state index in [0.717, 1.165) is 11.3 Å². The number of carbonyl (C=O) groups is 2. The molecule has 0 aliphatic heterocycles. The topological polar surface area (TPSA) is 79.2 Å². The molecule has 3 rings (SSSR count). The number of fused-ring (bicyclic) bond motifs is 1. The van der Waals surface area contributed by atoms with Crippen molar-refractivity contribution in [1.29, 1.82) is 5.26 Å². The van der Waals surface area contributed by atoms with Gasteiger partial charge in [-0.3, -0.25) is 4.79 Å². The molecular weight excluding hydrogens is 387 g/mol. The third-order valence-electron chi connectivity index (χ3n) is 3.15. The fraction of sp³-hybridized carbons (Fsp3) is 0.0625. The van der Waals surface area contributed by atoms with Gasteiger partial charge in [0.15, 0.2) is 6.61 Å². The zero-order valence-electron chi connectivity index (χ0n) is 12.3. The van der Waals surface area contributed by atoms with E-state index in [2.05, 4.69) is 5.32 Å². The van der Waals surface area contributed by atoms with Gasteiger partial charge in [0.25, 0.3) is 5.91 Å². The second kappa shape index (κ2) is 7.19. The number of nitriles is 1. The largest absolute Gasteiger partial charge is 0.451 e. The minimum Gasteiger partial charge on any atom is -0.451 e. The molecule has 0 aliphatic rings. The number of esters is 1. The third kappa shape index (κ3) is 3.64. The Morgan fingerprint density at radius 2 is 2.16 bits per heavy atom. The van der Waals surface area contributed by atoms with E-state index in [1.54, 1.807) is 11.4 Å². The molecule has 0 unspecified atom stereocenters. The van der Waals surface area contributed by atoms with Gasteiger partial charge in [-0.15, -0.1) is 22.7 Å². The lowest BCUT2D eigenvalue weighted by Crippen LogP contribution is -2.20. The van der Waals surface area contributed by atoms with Crippen LogP contribution in [0.4, 0.5) is 9.39 Å². The van der Waals surface area contributed by atoms with Gasteiger partial charge in [0, 0.05) is 10.1 Å². The van der Waals surface area contributed by atoms with Crippen LogP contribution in [0.3, 0.4) is 0 Å². The normalized spacial score (nSPS) is 10.4. The first kappa shape index (κ1) is 17.4. The molecule has 0 atom stereocenters. The van der Waals surface area contributed by atoms with E-state index in [1.807, 2.05) is 6.07 Å². The zero-order valence-corrected chi connectivity index (χ0v) is 14.7. The molecule has 0 saturated carbocycles. The van der Waals surface area contributed by atoms with Crippen molar-refractivity contribution in [3.05, 3.63) is 50.9 Å². The van der Waals surface area contributed by atoms with Gasteiger partial charge >= 0.3 is 5.97 Å². The first-order chi connectivity index (χ1) is 12.0. The van der Waals surface area contributed by atoms with Gasteiger partial charge in [-0.1, -0.05) is 11.6 Å². The van der Waals surface area contributed by atoms with Crippen LogP contribution in [0.25, 0.3) is 10.1 Å². The van der Waals surface area contributed by atoms with Gasteiger partial charge in [0.05, 0.1) is 10.6 Å². The molecular formula is C16H8ClFN2O3S2. The lowest BCUT2D eigenvalue weighted by atomic mass is 10.2. The number of nitrogens with zero attached hydrogens (tertiary/aromatic N) is 1. The first-order valence-electron chi connectivity index (χ1n) is 6.81. The van der Waals surface area contributed by atoms with Crippen LogP contribution < -0.4 is 5.32 Å². The number of amides is 1. The maximum absolute atomic E-state index is 13.2. The number of rotatable bonds is 4. The molecule has 9 heteroatoms. The predicted molar refractivity (Wildman–Crippen MR) is 94.7 cm³/mol. The number of thiophene rings is 2. The Hall–Kier alpha value is -2.47. The molecule has 0 aliphatic carbocycles. The van der Waals surface area contributed by atoms with Crippen LogP contribution in [0, 0.1) is 17.1 Å². The van der Waals surface area contributed by atoms with Crippen LogP contribution in [0.15, 0.2) is 29.6 Å². The fourth-order valence-electron chi connectivity index (χ4n) is 2.02. The zero-order chi connectivity index (χ0) is 18.0. The summed E-state index contributed by atoms with van der Waals surface area (Å²) in [7, 11) is 0. The Morgan fingerprint density at radius 1 is 1.36 bits per heavy atom. The summed E-state index contributed by atoms with van der Waals surface area (Å²) in [6.45, 7) is -0.527. The Labute approximate surface area is 154 Å². The molecule has 126 valence electrons. The molecule has 25 heavy (non-hydrogen) atoms. The molecule has 0 spiro atoms. The summed E-state index contributed by atoms with van der Waals surface area (Å²) in [5, 5.41) is 14.1. The van der Waals surface area contributed by atoms with Gasteiger partial charge in [0.2, 0.25) is 0 Å². The summed E-state index contributed by atoms with van der Waals surface area (Å²) in [5.41, 5.74) is 0.333. The Kier molecular flexibility index (Phi) is 4.99. The number of hydrogen-bond acceptors (Lipinski definition) is 6. The molecule has 2 aromatic heterocycles. The maximum atomic E-state index is 13.2. The summed E-state index contributed by atoms with van der Waals surface area (Å²) in [5.74, 6) is -1.78. The fourth-order valence-corrected chi connectivity index (χ4v) is 4.20. The number of anilines is 1. The van der Waals surface area contributed by atoms with Crippen molar-refractivity contribution in [1.82, 2.24) is 0 Å². The molecule has 1 N–H and O–H groups in total. The molecule has 0 radical (unpaired) electrons. The van der Waals surface area contributed by atoms with Crippen molar-refractivity contribution in [2.75, 3.05) is 11.9 Å². The third-order valence-corrected chi connectivity index (χ3v) is 5.62. The molecule has 3 aromatic rings. The van der Waals surface area contributed by atoms with Crippen molar-refractivity contribution in [2.45, 2.75) is 0 Å². The second-order valence-corrected chi connectivity index (χ2v) is 7.13. The van der Waals surface area contributed by atoms with E-state index in [1.165, 1.54) is 29.5 Å². The summed E-state index contributed by atoms with van der Waals surface area (Å²) in [4.78, 5) is 24.1. The van der Waals surface area contributed by atoms with Crippen LogP contribution in [0.1, 0.15) is 15.2 Å². The van der Waals surface area contributed by atoms with Gasteiger partial charge in [-0.05, 0) is 29.6 Å². The van der Waals surface area contributed by atoms with E-state index in [0.29, 0.717) is 20.7 Å². The highest BCUT2D eigenvalue weighted by atomic mass is 35.5. The van der Waals surface area contributed by atoms with Crippen molar-refractivity contribution in [3.63, 3.8) is 0 Å². The number of nitrogens with one attached hydrogen (secondary N) is 1. The highest BCUT2D eigenvalue weighted by molar-refractivity contribution is 7.21. The molecule has 2 heterocycles. The van der Waals surface area contributed by atoms with E-state index in [9.17, 15) is 14.0 Å². The van der Waals surface area contributed by atoms with Crippen LogP contribution in [-0.2, 0) is 9.53 Å². The Bertz CT molecular complexity index is 1020. The number of ether oxygens (including phenoxy) is 1. The second-order valence-electron chi connectivity index (χ2n) is 4.79. The van der Waals surface area contributed by atoms with E-state index >= 15 is 0 Å². The minimum atomic E-state index is -0.770.